The van der Waals surface area contributed by atoms with Crippen LogP contribution in [0.3, 0.4) is 0 Å². The van der Waals surface area contributed by atoms with E-state index in [1.165, 1.54) is 29.9 Å². The molecular formula is C22H22F3N5O4. The van der Waals surface area contributed by atoms with Crippen molar-refractivity contribution in [1.82, 2.24) is 14.9 Å². The van der Waals surface area contributed by atoms with Gasteiger partial charge in [0.15, 0.2) is 5.82 Å². The number of anilines is 2. The smallest absolute Gasteiger partial charge is 0.475 e. The highest BCUT2D eigenvalue weighted by molar-refractivity contribution is 6.07. The summed E-state index contributed by atoms with van der Waals surface area (Å²) < 4.78 is 36.8. The summed E-state index contributed by atoms with van der Waals surface area (Å²) in [6.45, 7) is 5.07. The van der Waals surface area contributed by atoms with E-state index in [1.807, 2.05) is 12.1 Å². The zero-order chi connectivity index (χ0) is 24.9. The molecule has 180 valence electrons. The number of alkyl halides is 3. The van der Waals surface area contributed by atoms with Gasteiger partial charge in [0.2, 0.25) is 0 Å². The monoisotopic (exact) mass is 477 g/mol. The number of nitrogens with one attached hydrogen (secondary N) is 1. The second-order valence-electron chi connectivity index (χ2n) is 7.32. The zero-order valence-corrected chi connectivity index (χ0v) is 18.1. The predicted molar refractivity (Wildman–Crippen MR) is 117 cm³/mol. The number of benzene rings is 1. The normalized spacial score (nSPS) is 13.4. The molecule has 2 aromatic heterocycles. The van der Waals surface area contributed by atoms with Gasteiger partial charge in [0.1, 0.15) is 17.6 Å². The van der Waals surface area contributed by atoms with Crippen LogP contribution in [-0.4, -0.2) is 51.1 Å². The lowest BCUT2D eigenvalue weighted by Gasteiger charge is -2.29. The molecule has 1 aliphatic rings. The van der Waals surface area contributed by atoms with Crippen molar-refractivity contribution in [3.8, 4) is 11.4 Å². The number of rotatable bonds is 4. The average Bonchev–Trinajstić information content (AvgIpc) is 3.33. The minimum atomic E-state index is -5.08. The van der Waals surface area contributed by atoms with E-state index in [-0.39, 0.29) is 17.3 Å². The van der Waals surface area contributed by atoms with Gasteiger partial charge in [-0.2, -0.15) is 13.2 Å². The number of nitrogens with zero attached hydrogens (tertiary/aromatic N) is 3. The fourth-order valence-electron chi connectivity index (χ4n) is 3.35. The molecule has 1 aromatic carbocycles. The summed E-state index contributed by atoms with van der Waals surface area (Å²) in [5.41, 5.74) is 10.2. The summed E-state index contributed by atoms with van der Waals surface area (Å²) in [4.78, 5) is 32.5. The Labute approximate surface area is 192 Å². The molecule has 3 heterocycles. The van der Waals surface area contributed by atoms with E-state index in [4.69, 9.17) is 20.1 Å². The quantitative estimate of drug-likeness (QED) is 0.519. The Morgan fingerprint density at radius 1 is 1.29 bits per heavy atom. The molecule has 0 unspecified atom stereocenters. The number of nitrogen functional groups attached to an aromatic ring is 1. The summed E-state index contributed by atoms with van der Waals surface area (Å²) in [7, 11) is 0. The van der Waals surface area contributed by atoms with Gasteiger partial charge in [-0.15, -0.1) is 0 Å². The summed E-state index contributed by atoms with van der Waals surface area (Å²) in [6, 6.07) is 7.75. The Morgan fingerprint density at radius 2 is 2.03 bits per heavy atom. The van der Waals surface area contributed by atoms with Crippen molar-refractivity contribution in [2.45, 2.75) is 26.1 Å². The Hall–Kier alpha value is -3.93. The first-order chi connectivity index (χ1) is 16.1. The number of amides is 1. The Balaban J connectivity index is 0.000000406. The molecule has 9 nitrogen and oxygen atoms in total. The minimum Gasteiger partial charge on any atom is -0.475 e. The molecule has 0 spiro atoms. The van der Waals surface area contributed by atoms with E-state index >= 15 is 0 Å². The predicted octanol–water partition coefficient (Wildman–Crippen LogP) is 3.58. The maximum atomic E-state index is 12.7. The van der Waals surface area contributed by atoms with Crippen molar-refractivity contribution in [3.05, 3.63) is 59.7 Å². The standard InChI is InChI=1S/C20H21N5O2.C2HF3O2/c1-2-25-8-6-15-13(11-25)4-3-5-17(15)23-20(26)16-10-22-19(24-18(16)21)14-7-9-27-12-14;3-2(4,5)1(6)7/h3-5,7,9-10,12H,2,6,8,11H2,1H3,(H,23,26)(H2,21,22,24);(H,6,7). The van der Waals surface area contributed by atoms with E-state index in [0.29, 0.717) is 11.4 Å². The van der Waals surface area contributed by atoms with E-state index in [9.17, 15) is 18.0 Å². The number of hydrogen-bond donors (Lipinski definition) is 3. The molecule has 0 saturated heterocycles. The maximum Gasteiger partial charge on any atom is 0.490 e. The maximum absolute atomic E-state index is 12.7. The van der Waals surface area contributed by atoms with Crippen molar-refractivity contribution in [3.63, 3.8) is 0 Å². The molecule has 1 amide bonds. The SMILES string of the molecule is CCN1CCc2c(cccc2NC(=O)c2cnc(-c3ccoc3)nc2N)C1.O=C(O)C(F)(F)F. The Bertz CT molecular complexity index is 1170. The molecule has 3 aromatic rings. The van der Waals surface area contributed by atoms with Gasteiger partial charge in [0.05, 0.1) is 11.8 Å². The number of halogens is 3. The van der Waals surface area contributed by atoms with Crippen LogP contribution >= 0.6 is 0 Å². The second-order valence-corrected chi connectivity index (χ2v) is 7.32. The molecule has 0 aliphatic carbocycles. The number of carbonyl (C=O) groups excluding carboxylic acids is 1. The lowest BCUT2D eigenvalue weighted by molar-refractivity contribution is -0.192. The van der Waals surface area contributed by atoms with Gasteiger partial charge in [-0.05, 0) is 36.2 Å². The first kappa shape index (κ1) is 24.7. The largest absolute Gasteiger partial charge is 0.490 e. The third kappa shape index (κ3) is 5.90. The van der Waals surface area contributed by atoms with Crippen LogP contribution in [0.1, 0.15) is 28.4 Å². The topological polar surface area (TPSA) is 135 Å². The fraction of sp³-hybridized carbons (Fsp3) is 0.273. The number of hydrogen-bond acceptors (Lipinski definition) is 7. The van der Waals surface area contributed by atoms with Gasteiger partial charge in [-0.25, -0.2) is 14.8 Å². The van der Waals surface area contributed by atoms with Crippen LogP contribution in [0.25, 0.3) is 11.4 Å². The summed E-state index contributed by atoms with van der Waals surface area (Å²) in [5.74, 6) is -2.50. The van der Waals surface area contributed by atoms with E-state index in [1.54, 1.807) is 6.07 Å². The molecule has 0 fully saturated rings. The summed E-state index contributed by atoms with van der Waals surface area (Å²) in [5, 5.41) is 10.1. The third-order valence-electron chi connectivity index (χ3n) is 5.13. The van der Waals surface area contributed by atoms with Crippen LogP contribution in [0.5, 0.6) is 0 Å². The number of likely N-dealkylation sites (N-methyl/N-ethyl adjacent to an activating group) is 1. The molecule has 0 atom stereocenters. The van der Waals surface area contributed by atoms with Gasteiger partial charge in [-0.1, -0.05) is 19.1 Å². The number of aliphatic carboxylic acids is 1. The number of nitrogens with two attached hydrogens (primary N) is 1. The summed E-state index contributed by atoms with van der Waals surface area (Å²) >= 11 is 0. The van der Waals surface area contributed by atoms with Gasteiger partial charge in [0.25, 0.3) is 5.91 Å². The van der Waals surface area contributed by atoms with Crippen molar-refractivity contribution in [2.24, 2.45) is 0 Å². The Morgan fingerprint density at radius 3 is 2.62 bits per heavy atom. The summed E-state index contributed by atoms with van der Waals surface area (Å²) in [6.07, 6.45) is 0.345. The highest BCUT2D eigenvalue weighted by atomic mass is 19.4. The van der Waals surface area contributed by atoms with Crippen LogP contribution in [0.15, 0.2) is 47.4 Å². The molecule has 0 saturated carbocycles. The lowest BCUT2D eigenvalue weighted by atomic mass is 9.97. The molecule has 0 radical (unpaired) electrons. The lowest BCUT2D eigenvalue weighted by Crippen LogP contribution is -2.31. The highest BCUT2D eigenvalue weighted by Gasteiger charge is 2.38. The van der Waals surface area contributed by atoms with Crippen LogP contribution in [0, 0.1) is 0 Å². The number of aromatic nitrogens is 2. The van der Waals surface area contributed by atoms with E-state index < -0.39 is 12.1 Å². The van der Waals surface area contributed by atoms with Crippen molar-refractivity contribution in [1.29, 1.82) is 0 Å². The van der Waals surface area contributed by atoms with Crippen LogP contribution in [0.4, 0.5) is 24.7 Å². The van der Waals surface area contributed by atoms with E-state index in [0.717, 1.165) is 31.7 Å². The second kappa shape index (κ2) is 10.3. The number of furan rings is 1. The molecule has 34 heavy (non-hydrogen) atoms. The number of carboxylic acid groups (broad SMARTS) is 1. The van der Waals surface area contributed by atoms with E-state index in [2.05, 4.69) is 33.2 Å². The van der Waals surface area contributed by atoms with Crippen molar-refractivity contribution in [2.75, 3.05) is 24.1 Å². The van der Waals surface area contributed by atoms with Gasteiger partial charge >= 0.3 is 12.1 Å². The fourth-order valence-corrected chi connectivity index (χ4v) is 3.35. The minimum absolute atomic E-state index is 0.139. The molecule has 4 rings (SSSR count). The van der Waals surface area contributed by atoms with Crippen LogP contribution in [-0.2, 0) is 17.8 Å². The number of fused-ring (bicyclic) bond motifs is 1. The first-order valence-electron chi connectivity index (χ1n) is 10.2. The first-order valence-corrected chi connectivity index (χ1v) is 10.2. The van der Waals surface area contributed by atoms with Gasteiger partial charge < -0.3 is 20.6 Å². The van der Waals surface area contributed by atoms with Crippen LogP contribution < -0.4 is 11.1 Å². The number of carbonyl (C=O) groups is 2. The zero-order valence-electron chi connectivity index (χ0n) is 18.1. The van der Waals surface area contributed by atoms with Crippen LogP contribution in [0.2, 0.25) is 0 Å². The highest BCUT2D eigenvalue weighted by Crippen LogP contribution is 2.27. The Kier molecular flexibility index (Phi) is 7.51. The molecular weight excluding hydrogens is 455 g/mol. The molecule has 12 heteroatoms. The third-order valence-corrected chi connectivity index (χ3v) is 5.13. The molecule has 4 N–H and O–H groups in total. The van der Waals surface area contributed by atoms with Crippen molar-refractivity contribution < 1.29 is 32.3 Å². The molecule has 0 bridgehead atoms. The van der Waals surface area contributed by atoms with Gasteiger partial charge in [0, 0.05) is 25.0 Å². The molecule has 1 aliphatic heterocycles. The van der Waals surface area contributed by atoms with Crippen molar-refractivity contribution >= 4 is 23.4 Å². The number of carboxylic acids is 1. The average molecular weight is 477 g/mol. The van der Waals surface area contributed by atoms with Gasteiger partial charge in [-0.3, -0.25) is 9.69 Å².